The molecule has 0 saturated carbocycles. The monoisotopic (exact) mass is 235 g/mol. The van der Waals surface area contributed by atoms with E-state index in [1.165, 1.54) is 16.7 Å². The lowest BCUT2D eigenvalue weighted by Crippen LogP contribution is -2.25. The van der Waals surface area contributed by atoms with Gasteiger partial charge in [0.05, 0.1) is 6.61 Å². The minimum atomic E-state index is 0.660. The molecule has 96 valence electrons. The van der Waals surface area contributed by atoms with E-state index in [0.29, 0.717) is 5.92 Å². The maximum atomic E-state index is 5.01. The van der Waals surface area contributed by atoms with Gasteiger partial charge >= 0.3 is 0 Å². The van der Waals surface area contributed by atoms with Crippen LogP contribution in [0.5, 0.6) is 0 Å². The third kappa shape index (κ3) is 5.85. The highest BCUT2D eigenvalue weighted by atomic mass is 16.5. The summed E-state index contributed by atoms with van der Waals surface area (Å²) in [5, 5.41) is 3.41. The van der Waals surface area contributed by atoms with E-state index in [0.717, 1.165) is 26.1 Å². The molecule has 1 unspecified atom stereocenters. The van der Waals surface area contributed by atoms with Gasteiger partial charge in [0.1, 0.15) is 0 Å². The molecular weight excluding hydrogens is 210 g/mol. The maximum absolute atomic E-state index is 5.01. The molecule has 0 aliphatic rings. The Balaban J connectivity index is 2.36. The fraction of sp³-hybridized carbons (Fsp3) is 0.600. The van der Waals surface area contributed by atoms with Crippen molar-refractivity contribution in [3.05, 3.63) is 34.9 Å². The lowest BCUT2D eigenvalue weighted by atomic mass is 9.98. The number of hydrogen-bond donors (Lipinski definition) is 1. The van der Waals surface area contributed by atoms with Gasteiger partial charge in [-0.25, -0.2) is 0 Å². The predicted molar refractivity (Wildman–Crippen MR) is 73.5 cm³/mol. The van der Waals surface area contributed by atoms with Gasteiger partial charge in [0.2, 0.25) is 0 Å². The lowest BCUT2D eigenvalue weighted by Gasteiger charge is -2.13. The summed E-state index contributed by atoms with van der Waals surface area (Å²) in [6, 6.07) is 6.81. The summed E-state index contributed by atoms with van der Waals surface area (Å²) in [5.41, 5.74) is 4.17. The van der Waals surface area contributed by atoms with Crippen LogP contribution in [0.25, 0.3) is 0 Å². The zero-order chi connectivity index (χ0) is 12.7. The van der Waals surface area contributed by atoms with Crippen molar-refractivity contribution in [1.82, 2.24) is 5.32 Å². The van der Waals surface area contributed by atoms with Gasteiger partial charge < -0.3 is 10.1 Å². The standard InChI is InChI=1S/C15H25NO/c1-12-7-13(2)9-15(8-12)10-14(3)11-16-5-6-17-4/h7-9,14,16H,5-6,10-11H2,1-4H3. The Labute approximate surface area is 105 Å². The van der Waals surface area contributed by atoms with E-state index >= 15 is 0 Å². The summed E-state index contributed by atoms with van der Waals surface area (Å²) in [7, 11) is 1.74. The van der Waals surface area contributed by atoms with Gasteiger partial charge in [-0.15, -0.1) is 0 Å². The second kappa shape index (κ2) is 7.46. The first-order valence-corrected chi connectivity index (χ1v) is 6.38. The molecule has 0 amide bonds. The molecule has 0 heterocycles. The average Bonchev–Trinajstić information content (AvgIpc) is 2.23. The van der Waals surface area contributed by atoms with Crippen LogP contribution in [0.3, 0.4) is 0 Å². The number of benzene rings is 1. The summed E-state index contributed by atoms with van der Waals surface area (Å²) < 4.78 is 5.01. The fourth-order valence-electron chi connectivity index (χ4n) is 2.18. The first kappa shape index (κ1) is 14.2. The zero-order valence-electron chi connectivity index (χ0n) is 11.5. The molecule has 17 heavy (non-hydrogen) atoms. The highest BCUT2D eigenvalue weighted by Gasteiger charge is 2.04. The van der Waals surface area contributed by atoms with E-state index in [2.05, 4.69) is 44.3 Å². The maximum Gasteiger partial charge on any atom is 0.0587 e. The quantitative estimate of drug-likeness (QED) is 0.734. The van der Waals surface area contributed by atoms with Crippen LogP contribution in [0.2, 0.25) is 0 Å². The van der Waals surface area contributed by atoms with Gasteiger partial charge in [0.25, 0.3) is 0 Å². The molecule has 1 atom stereocenters. The van der Waals surface area contributed by atoms with Crippen molar-refractivity contribution < 1.29 is 4.74 Å². The smallest absolute Gasteiger partial charge is 0.0587 e. The van der Waals surface area contributed by atoms with E-state index in [4.69, 9.17) is 4.74 Å². The van der Waals surface area contributed by atoms with Gasteiger partial charge in [-0.2, -0.15) is 0 Å². The summed E-state index contributed by atoms with van der Waals surface area (Å²) in [5.74, 6) is 0.660. The zero-order valence-corrected chi connectivity index (χ0v) is 11.5. The molecule has 2 heteroatoms. The summed E-state index contributed by atoms with van der Waals surface area (Å²) in [6.07, 6.45) is 1.14. The Morgan fingerprint density at radius 1 is 1.18 bits per heavy atom. The van der Waals surface area contributed by atoms with Crippen molar-refractivity contribution in [2.45, 2.75) is 27.2 Å². The molecule has 0 aromatic heterocycles. The number of aryl methyl sites for hydroxylation is 2. The van der Waals surface area contributed by atoms with Crippen LogP contribution in [0.15, 0.2) is 18.2 Å². The van der Waals surface area contributed by atoms with Crippen LogP contribution in [0.4, 0.5) is 0 Å². The Morgan fingerprint density at radius 3 is 2.41 bits per heavy atom. The van der Waals surface area contributed by atoms with Gasteiger partial charge in [-0.05, 0) is 38.3 Å². The van der Waals surface area contributed by atoms with E-state index < -0.39 is 0 Å². The normalized spacial score (nSPS) is 12.7. The van der Waals surface area contributed by atoms with Crippen molar-refractivity contribution in [1.29, 1.82) is 0 Å². The molecule has 2 nitrogen and oxygen atoms in total. The van der Waals surface area contributed by atoms with Crippen molar-refractivity contribution in [2.75, 3.05) is 26.8 Å². The number of methoxy groups -OCH3 is 1. The molecule has 0 radical (unpaired) electrons. The van der Waals surface area contributed by atoms with Crippen molar-refractivity contribution in [2.24, 2.45) is 5.92 Å². The lowest BCUT2D eigenvalue weighted by molar-refractivity contribution is 0.198. The minimum absolute atomic E-state index is 0.660. The van der Waals surface area contributed by atoms with Crippen LogP contribution in [-0.4, -0.2) is 26.8 Å². The van der Waals surface area contributed by atoms with Crippen LogP contribution >= 0.6 is 0 Å². The van der Waals surface area contributed by atoms with Crippen LogP contribution < -0.4 is 5.32 Å². The molecule has 1 rings (SSSR count). The minimum Gasteiger partial charge on any atom is -0.383 e. The number of hydrogen-bond acceptors (Lipinski definition) is 2. The Morgan fingerprint density at radius 2 is 1.82 bits per heavy atom. The first-order chi connectivity index (χ1) is 8.11. The van der Waals surface area contributed by atoms with E-state index in [9.17, 15) is 0 Å². The van der Waals surface area contributed by atoms with Gasteiger partial charge in [0.15, 0.2) is 0 Å². The third-order valence-electron chi connectivity index (χ3n) is 2.84. The third-order valence-corrected chi connectivity index (χ3v) is 2.84. The molecule has 0 aliphatic carbocycles. The van der Waals surface area contributed by atoms with E-state index in [1.807, 2.05) is 0 Å². The molecule has 0 fully saturated rings. The van der Waals surface area contributed by atoms with Gasteiger partial charge in [-0.1, -0.05) is 36.2 Å². The van der Waals surface area contributed by atoms with E-state index in [1.54, 1.807) is 7.11 Å². The first-order valence-electron chi connectivity index (χ1n) is 6.38. The Hall–Kier alpha value is -0.860. The van der Waals surface area contributed by atoms with Crippen LogP contribution in [0, 0.1) is 19.8 Å². The molecule has 1 aromatic rings. The highest BCUT2D eigenvalue weighted by Crippen LogP contribution is 2.13. The largest absolute Gasteiger partial charge is 0.383 e. The second-order valence-electron chi connectivity index (χ2n) is 5.00. The number of nitrogens with one attached hydrogen (secondary N) is 1. The van der Waals surface area contributed by atoms with E-state index in [-0.39, 0.29) is 0 Å². The Bertz CT molecular complexity index is 315. The molecule has 1 N–H and O–H groups in total. The summed E-state index contributed by atoms with van der Waals surface area (Å²) in [4.78, 5) is 0. The number of rotatable bonds is 7. The predicted octanol–water partition coefficient (Wildman–Crippen LogP) is 2.72. The topological polar surface area (TPSA) is 21.3 Å². The molecule has 1 aromatic carbocycles. The van der Waals surface area contributed by atoms with Gasteiger partial charge in [0, 0.05) is 13.7 Å². The second-order valence-corrected chi connectivity index (χ2v) is 5.00. The van der Waals surface area contributed by atoms with Crippen molar-refractivity contribution in [3.63, 3.8) is 0 Å². The highest BCUT2D eigenvalue weighted by molar-refractivity contribution is 5.28. The van der Waals surface area contributed by atoms with Gasteiger partial charge in [-0.3, -0.25) is 0 Å². The van der Waals surface area contributed by atoms with Crippen molar-refractivity contribution in [3.8, 4) is 0 Å². The van der Waals surface area contributed by atoms with Crippen LogP contribution in [-0.2, 0) is 11.2 Å². The fourth-order valence-corrected chi connectivity index (χ4v) is 2.18. The molecule has 0 spiro atoms. The molecule has 0 bridgehead atoms. The molecule has 0 saturated heterocycles. The SMILES string of the molecule is COCCNCC(C)Cc1cc(C)cc(C)c1. The van der Waals surface area contributed by atoms with Crippen molar-refractivity contribution >= 4 is 0 Å². The summed E-state index contributed by atoms with van der Waals surface area (Å²) >= 11 is 0. The molecule has 0 aliphatic heterocycles. The number of ether oxygens (including phenoxy) is 1. The average molecular weight is 235 g/mol. The van der Waals surface area contributed by atoms with Crippen LogP contribution in [0.1, 0.15) is 23.6 Å². The summed E-state index contributed by atoms with van der Waals surface area (Å²) in [6.45, 7) is 9.40. The molecular formula is C15H25NO. The Kier molecular flexibility index (Phi) is 6.23.